The van der Waals surface area contributed by atoms with E-state index in [2.05, 4.69) is 42.3 Å². The number of primary amides is 1. The minimum absolute atomic E-state index is 0.139. The topological polar surface area (TPSA) is 118 Å². The first kappa shape index (κ1) is 22.0. The van der Waals surface area contributed by atoms with E-state index in [0.717, 1.165) is 0 Å². The molecule has 0 spiro atoms. The fourth-order valence-corrected chi connectivity index (χ4v) is 1.98. The van der Waals surface area contributed by atoms with Crippen LogP contribution in [-0.4, -0.2) is 50.5 Å². The number of hydrogen-bond donors (Lipinski definition) is 2. The van der Waals surface area contributed by atoms with Gasteiger partial charge in [-0.15, -0.1) is 10.2 Å². The van der Waals surface area contributed by atoms with Crippen LogP contribution in [0.3, 0.4) is 0 Å². The van der Waals surface area contributed by atoms with Gasteiger partial charge >= 0.3 is 11.8 Å². The molecular formula is C18H32N5O3+. The second kappa shape index (κ2) is 7.65. The Bertz CT molecular complexity index is 685. The molecule has 0 bridgehead atoms. The number of β-amino-alcohol motifs (C(OH)–C–C–N with tert-alkyl or cyclic N) is 1. The number of rotatable bonds is 3. The van der Waals surface area contributed by atoms with Crippen molar-refractivity contribution in [3.63, 3.8) is 0 Å². The molecule has 1 aromatic rings. The number of carbonyl (C=O) groups is 1. The molecule has 0 radical (unpaired) electrons. The van der Waals surface area contributed by atoms with Gasteiger partial charge in [0.25, 0.3) is 0 Å². The third kappa shape index (κ3) is 7.03. The Labute approximate surface area is 155 Å². The Morgan fingerprint density at radius 1 is 1.19 bits per heavy atom. The van der Waals surface area contributed by atoms with Crippen LogP contribution in [0.4, 0.5) is 0 Å². The number of amides is 1. The number of carbonyl (C=O) groups excluding carboxylic acids is 1. The van der Waals surface area contributed by atoms with Crippen molar-refractivity contribution in [2.24, 2.45) is 22.2 Å². The van der Waals surface area contributed by atoms with E-state index in [1.807, 2.05) is 31.7 Å². The zero-order valence-corrected chi connectivity index (χ0v) is 17.1. The Morgan fingerprint density at radius 3 is 2.08 bits per heavy atom. The fraction of sp³-hybridized carbons (Fsp3) is 0.722. The lowest BCUT2D eigenvalue weighted by Gasteiger charge is -2.19. The van der Waals surface area contributed by atoms with Gasteiger partial charge in [-0.1, -0.05) is 46.2 Å². The third-order valence-corrected chi connectivity index (χ3v) is 3.53. The normalized spacial score (nSPS) is 17.6. The molecule has 8 heteroatoms. The van der Waals surface area contributed by atoms with Gasteiger partial charge in [0.15, 0.2) is 6.21 Å². The highest BCUT2D eigenvalue weighted by atomic mass is 16.4. The minimum atomic E-state index is -0.696. The van der Waals surface area contributed by atoms with Crippen molar-refractivity contribution in [2.75, 3.05) is 6.54 Å². The molecule has 1 aliphatic rings. The molecule has 1 aromatic heterocycles. The number of hydrazone groups is 1. The first-order chi connectivity index (χ1) is 11.6. The molecule has 0 aromatic carbocycles. The van der Waals surface area contributed by atoms with E-state index in [1.165, 1.54) is 0 Å². The summed E-state index contributed by atoms with van der Waals surface area (Å²) in [5.74, 6) is -0.0564. The largest absolute Gasteiger partial charge is 0.416 e. The molecule has 1 atom stereocenters. The van der Waals surface area contributed by atoms with Gasteiger partial charge in [-0.05, 0) is 24.4 Å². The number of aromatic nitrogens is 2. The van der Waals surface area contributed by atoms with Crippen molar-refractivity contribution in [1.82, 2.24) is 10.2 Å². The van der Waals surface area contributed by atoms with Gasteiger partial charge in [0.05, 0.1) is 12.1 Å². The van der Waals surface area contributed by atoms with Gasteiger partial charge in [0, 0.05) is 5.41 Å². The number of nitrogens with zero attached hydrogens (tertiary/aromatic N) is 4. The Kier molecular flexibility index (Phi) is 6.46. The summed E-state index contributed by atoms with van der Waals surface area (Å²) in [6, 6.07) is 0. The van der Waals surface area contributed by atoms with E-state index in [-0.39, 0.29) is 16.7 Å². The molecule has 3 N–H and O–H groups in total. The van der Waals surface area contributed by atoms with Crippen LogP contribution < -0.4 is 5.73 Å². The van der Waals surface area contributed by atoms with Crippen LogP contribution in [0, 0.1) is 11.3 Å². The third-order valence-electron chi connectivity index (χ3n) is 3.53. The number of aliphatic hydroxyl groups is 1. The summed E-state index contributed by atoms with van der Waals surface area (Å²) in [7, 11) is 0. The highest BCUT2D eigenvalue weighted by Crippen LogP contribution is 2.25. The molecule has 0 fully saturated rings. The molecule has 1 aliphatic heterocycles. The molecule has 2 rings (SSSR count). The monoisotopic (exact) mass is 366 g/mol. The standard InChI is InChI=1S/C11H21N2O.C7H11N3O2/c1-10(2,3)9-6-12-13(7-9)8-11(4,5)14;1-7(2,3)6-10-9-5(12-6)4(8)11/h6-7,9,14H,8H2,1-5H3;1-3H3,(H2,8,11)/q+1;. The van der Waals surface area contributed by atoms with Gasteiger partial charge in [-0.25, -0.2) is 0 Å². The van der Waals surface area contributed by atoms with Crippen LogP contribution in [0.15, 0.2) is 9.52 Å². The fourth-order valence-electron chi connectivity index (χ4n) is 1.98. The van der Waals surface area contributed by atoms with Crippen molar-refractivity contribution in [1.29, 1.82) is 0 Å². The van der Waals surface area contributed by atoms with Gasteiger partial charge < -0.3 is 15.3 Å². The van der Waals surface area contributed by atoms with E-state index in [4.69, 9.17) is 10.2 Å². The maximum atomic E-state index is 10.6. The molecule has 0 saturated carbocycles. The Hall–Kier alpha value is -2.09. The predicted molar refractivity (Wildman–Crippen MR) is 100 cm³/mol. The first-order valence-corrected chi connectivity index (χ1v) is 8.61. The lowest BCUT2D eigenvalue weighted by molar-refractivity contribution is -0.542. The van der Waals surface area contributed by atoms with E-state index in [0.29, 0.717) is 18.4 Å². The maximum absolute atomic E-state index is 10.6. The molecule has 146 valence electrons. The quantitative estimate of drug-likeness (QED) is 0.793. The molecule has 8 nitrogen and oxygen atoms in total. The highest BCUT2D eigenvalue weighted by Gasteiger charge is 2.32. The van der Waals surface area contributed by atoms with Crippen molar-refractivity contribution in [2.45, 2.75) is 66.4 Å². The smallest absolute Gasteiger partial charge is 0.306 e. The molecule has 1 unspecified atom stereocenters. The van der Waals surface area contributed by atoms with Crippen molar-refractivity contribution in [3.8, 4) is 0 Å². The second-order valence-corrected chi connectivity index (χ2v) is 9.24. The van der Waals surface area contributed by atoms with Crippen LogP contribution in [0.2, 0.25) is 0 Å². The van der Waals surface area contributed by atoms with Crippen molar-refractivity contribution in [3.05, 3.63) is 11.8 Å². The van der Waals surface area contributed by atoms with Crippen LogP contribution in [-0.2, 0) is 5.41 Å². The summed E-state index contributed by atoms with van der Waals surface area (Å²) in [5, 5.41) is 21.1. The Morgan fingerprint density at radius 2 is 1.77 bits per heavy atom. The minimum Gasteiger partial charge on any atom is -0.416 e. The zero-order chi connectivity index (χ0) is 20.3. The van der Waals surface area contributed by atoms with Crippen molar-refractivity contribution < 1.29 is 19.0 Å². The molecule has 2 heterocycles. The maximum Gasteiger partial charge on any atom is 0.306 e. The van der Waals surface area contributed by atoms with Gasteiger partial charge in [0.1, 0.15) is 5.60 Å². The summed E-state index contributed by atoms with van der Waals surface area (Å²) >= 11 is 0. The summed E-state index contributed by atoms with van der Waals surface area (Å²) in [6.45, 7) is 16.4. The van der Waals surface area contributed by atoms with Crippen LogP contribution in [0.25, 0.3) is 0 Å². The van der Waals surface area contributed by atoms with E-state index < -0.39 is 11.5 Å². The molecule has 0 aliphatic carbocycles. The average molecular weight is 366 g/mol. The molecule has 0 saturated heterocycles. The van der Waals surface area contributed by atoms with Gasteiger partial charge in [-0.2, -0.15) is 0 Å². The van der Waals surface area contributed by atoms with Gasteiger partial charge in [0.2, 0.25) is 12.4 Å². The Balaban J connectivity index is 0.000000263. The molecular weight excluding hydrogens is 334 g/mol. The van der Waals surface area contributed by atoms with Crippen molar-refractivity contribution >= 4 is 18.3 Å². The van der Waals surface area contributed by atoms with E-state index in [9.17, 15) is 9.90 Å². The summed E-state index contributed by atoms with van der Waals surface area (Å²) in [6.07, 6.45) is 4.03. The molecule has 1 amide bonds. The van der Waals surface area contributed by atoms with Crippen LogP contribution in [0.1, 0.15) is 72.0 Å². The summed E-state index contributed by atoms with van der Waals surface area (Å²) in [4.78, 5) is 10.6. The van der Waals surface area contributed by atoms with Gasteiger partial charge in [-0.3, -0.25) is 4.79 Å². The predicted octanol–water partition coefficient (Wildman–Crippen LogP) is 1.97. The van der Waals surface area contributed by atoms with E-state index in [1.54, 1.807) is 13.8 Å². The van der Waals surface area contributed by atoms with Crippen LogP contribution >= 0.6 is 0 Å². The average Bonchev–Trinajstić information content (AvgIpc) is 3.03. The highest BCUT2D eigenvalue weighted by molar-refractivity contribution is 5.87. The second-order valence-electron chi connectivity index (χ2n) is 9.24. The lowest BCUT2D eigenvalue weighted by Crippen LogP contribution is -2.31. The lowest BCUT2D eigenvalue weighted by atomic mass is 9.83. The van der Waals surface area contributed by atoms with Crippen LogP contribution in [0.5, 0.6) is 0 Å². The zero-order valence-electron chi connectivity index (χ0n) is 17.1. The SMILES string of the molecule is CC(C)(C)c1nnc(C(N)=O)o1.CC(C)(O)C[N+]1=CC(C(C)(C)C)C=N1. The van der Waals surface area contributed by atoms with E-state index >= 15 is 0 Å². The number of hydrogen-bond acceptors (Lipinski definition) is 6. The number of nitrogens with two attached hydrogens (primary N) is 1. The molecule has 26 heavy (non-hydrogen) atoms. The summed E-state index contributed by atoms with van der Waals surface area (Å²) in [5.41, 5.74) is 4.20. The first-order valence-electron chi connectivity index (χ1n) is 8.61. The summed E-state index contributed by atoms with van der Waals surface area (Å²) < 4.78 is 6.84.